The molecule has 0 saturated carbocycles. The van der Waals surface area contributed by atoms with Crippen LogP contribution in [0.1, 0.15) is 10.4 Å². The number of hydrogen-bond acceptors (Lipinski definition) is 4. The SMILES string of the molecule is O=C1C(=O)N(c2ccc(Cl)nn2)c2ccccc21. The van der Waals surface area contributed by atoms with Gasteiger partial charge in [-0.2, -0.15) is 0 Å². The summed E-state index contributed by atoms with van der Waals surface area (Å²) in [6, 6.07) is 9.82. The van der Waals surface area contributed by atoms with Gasteiger partial charge in [0.25, 0.3) is 5.78 Å². The number of amides is 1. The van der Waals surface area contributed by atoms with Crippen LogP contribution in [0.25, 0.3) is 0 Å². The van der Waals surface area contributed by atoms with Gasteiger partial charge in [0.05, 0.1) is 11.3 Å². The minimum Gasteiger partial charge on any atom is -0.283 e. The molecule has 0 aliphatic carbocycles. The second-order valence-corrected chi connectivity index (χ2v) is 4.09. The molecule has 0 N–H and O–H groups in total. The third-order valence-corrected chi connectivity index (χ3v) is 2.84. The molecule has 5 nitrogen and oxygen atoms in total. The number of hydrogen-bond donors (Lipinski definition) is 0. The number of aromatic nitrogens is 2. The van der Waals surface area contributed by atoms with Gasteiger partial charge in [-0.15, -0.1) is 10.2 Å². The average molecular weight is 260 g/mol. The average Bonchev–Trinajstić information content (AvgIpc) is 2.64. The van der Waals surface area contributed by atoms with Crippen molar-refractivity contribution in [2.75, 3.05) is 4.90 Å². The molecule has 0 spiro atoms. The van der Waals surface area contributed by atoms with Crippen molar-refractivity contribution in [1.29, 1.82) is 0 Å². The number of nitrogens with zero attached hydrogens (tertiary/aromatic N) is 3. The number of halogens is 1. The Morgan fingerprint density at radius 2 is 1.78 bits per heavy atom. The Balaban J connectivity index is 2.16. The van der Waals surface area contributed by atoms with Crippen LogP contribution < -0.4 is 4.90 Å². The third-order valence-electron chi connectivity index (χ3n) is 2.63. The number of anilines is 2. The lowest BCUT2D eigenvalue weighted by Crippen LogP contribution is -2.25. The molecule has 0 bridgehead atoms. The first-order valence-corrected chi connectivity index (χ1v) is 5.53. The van der Waals surface area contributed by atoms with Crippen LogP contribution in [-0.2, 0) is 4.79 Å². The molecule has 18 heavy (non-hydrogen) atoms. The topological polar surface area (TPSA) is 63.2 Å². The maximum Gasteiger partial charge on any atom is 0.305 e. The molecule has 0 fully saturated rings. The quantitative estimate of drug-likeness (QED) is 0.735. The standard InChI is InChI=1S/C12H6ClN3O2/c13-9-5-6-10(15-14-9)16-8-4-2-1-3-7(8)11(17)12(16)18/h1-6H. The van der Waals surface area contributed by atoms with Crippen LogP contribution in [0.2, 0.25) is 5.15 Å². The molecule has 0 unspecified atom stereocenters. The molecular formula is C12H6ClN3O2. The van der Waals surface area contributed by atoms with Gasteiger partial charge in [-0.25, -0.2) is 0 Å². The lowest BCUT2D eigenvalue weighted by atomic mass is 10.1. The number of carbonyl (C=O) groups is 2. The van der Waals surface area contributed by atoms with Crippen molar-refractivity contribution in [1.82, 2.24) is 10.2 Å². The van der Waals surface area contributed by atoms with Crippen molar-refractivity contribution in [2.24, 2.45) is 0 Å². The van der Waals surface area contributed by atoms with Crippen molar-refractivity contribution < 1.29 is 9.59 Å². The van der Waals surface area contributed by atoms with Crippen LogP contribution in [0.5, 0.6) is 0 Å². The van der Waals surface area contributed by atoms with Crippen molar-refractivity contribution >= 4 is 34.8 Å². The smallest absolute Gasteiger partial charge is 0.283 e. The van der Waals surface area contributed by atoms with Crippen LogP contribution in [-0.4, -0.2) is 21.9 Å². The molecule has 6 heteroatoms. The number of carbonyl (C=O) groups excluding carboxylic acids is 2. The van der Waals surface area contributed by atoms with Gasteiger partial charge in [0, 0.05) is 0 Å². The highest BCUT2D eigenvalue weighted by Gasteiger charge is 2.37. The number of para-hydroxylation sites is 1. The summed E-state index contributed by atoms with van der Waals surface area (Å²) < 4.78 is 0. The van der Waals surface area contributed by atoms with E-state index < -0.39 is 11.7 Å². The van der Waals surface area contributed by atoms with Crippen LogP contribution in [0.4, 0.5) is 11.5 Å². The summed E-state index contributed by atoms with van der Waals surface area (Å²) in [5.74, 6) is -0.891. The molecule has 1 aromatic carbocycles. The van der Waals surface area contributed by atoms with Crippen LogP contribution in [0.15, 0.2) is 36.4 Å². The van der Waals surface area contributed by atoms with Crippen LogP contribution >= 0.6 is 11.6 Å². The molecule has 1 amide bonds. The fraction of sp³-hybridized carbons (Fsp3) is 0. The normalized spacial score (nSPS) is 13.9. The Morgan fingerprint density at radius 3 is 2.50 bits per heavy atom. The van der Waals surface area contributed by atoms with Gasteiger partial charge in [-0.05, 0) is 24.3 Å². The number of ketones is 1. The highest BCUT2D eigenvalue weighted by molar-refractivity contribution is 6.53. The van der Waals surface area contributed by atoms with Crippen molar-refractivity contribution in [2.45, 2.75) is 0 Å². The van der Waals surface area contributed by atoms with Crippen LogP contribution in [0, 0.1) is 0 Å². The van der Waals surface area contributed by atoms with Gasteiger partial charge in [0.15, 0.2) is 11.0 Å². The zero-order chi connectivity index (χ0) is 12.7. The number of Topliss-reactive ketones (excluding diaryl/α,β-unsaturated/α-hetero) is 1. The van der Waals surface area contributed by atoms with Gasteiger partial charge >= 0.3 is 5.91 Å². The number of fused-ring (bicyclic) bond motifs is 1. The van der Waals surface area contributed by atoms with Crippen LogP contribution in [0.3, 0.4) is 0 Å². The maximum atomic E-state index is 11.9. The van der Waals surface area contributed by atoms with E-state index in [1.54, 1.807) is 30.3 Å². The minimum atomic E-state index is -0.632. The Bertz CT molecular complexity index is 655. The summed E-state index contributed by atoms with van der Waals surface area (Å²) >= 11 is 5.64. The van der Waals surface area contributed by atoms with E-state index in [1.165, 1.54) is 11.0 Å². The van der Waals surface area contributed by atoms with E-state index in [2.05, 4.69) is 10.2 Å². The Labute approximate surface area is 107 Å². The van der Waals surface area contributed by atoms with E-state index in [4.69, 9.17) is 11.6 Å². The van der Waals surface area contributed by atoms with Gasteiger partial charge < -0.3 is 0 Å². The molecule has 1 aliphatic rings. The summed E-state index contributed by atoms with van der Waals surface area (Å²) in [5, 5.41) is 7.71. The van der Waals surface area contributed by atoms with Gasteiger partial charge in [0.1, 0.15) is 0 Å². The molecule has 0 atom stereocenters. The highest BCUT2D eigenvalue weighted by Crippen LogP contribution is 2.33. The lowest BCUT2D eigenvalue weighted by molar-refractivity contribution is -0.113. The Morgan fingerprint density at radius 1 is 1.00 bits per heavy atom. The fourth-order valence-corrected chi connectivity index (χ4v) is 1.94. The number of benzene rings is 1. The van der Waals surface area contributed by atoms with E-state index in [0.29, 0.717) is 11.3 Å². The third kappa shape index (κ3) is 1.48. The van der Waals surface area contributed by atoms with Crippen molar-refractivity contribution in [3.05, 3.63) is 47.1 Å². The summed E-state index contributed by atoms with van der Waals surface area (Å²) in [6.45, 7) is 0. The van der Waals surface area contributed by atoms with E-state index >= 15 is 0 Å². The zero-order valence-corrected chi connectivity index (χ0v) is 9.76. The first-order valence-electron chi connectivity index (χ1n) is 5.15. The van der Waals surface area contributed by atoms with E-state index in [0.717, 1.165) is 0 Å². The molecule has 1 aromatic heterocycles. The summed E-state index contributed by atoms with van der Waals surface area (Å²) in [5.41, 5.74) is 0.892. The maximum absolute atomic E-state index is 11.9. The molecule has 0 saturated heterocycles. The molecule has 1 aliphatic heterocycles. The van der Waals surface area contributed by atoms with E-state index in [1.807, 2.05) is 0 Å². The Kier molecular flexibility index (Phi) is 2.34. The first kappa shape index (κ1) is 10.9. The molecule has 3 rings (SSSR count). The van der Waals surface area contributed by atoms with E-state index in [-0.39, 0.29) is 11.0 Å². The molecule has 2 aromatic rings. The monoisotopic (exact) mass is 259 g/mol. The predicted octanol–water partition coefficient (Wildman–Crippen LogP) is 1.99. The fourth-order valence-electron chi connectivity index (χ4n) is 1.84. The van der Waals surface area contributed by atoms with Crippen molar-refractivity contribution in [3.63, 3.8) is 0 Å². The Hall–Kier alpha value is -2.27. The molecular weight excluding hydrogens is 254 g/mol. The summed E-state index contributed by atoms with van der Waals surface area (Å²) in [7, 11) is 0. The highest BCUT2D eigenvalue weighted by atomic mass is 35.5. The van der Waals surface area contributed by atoms with E-state index in [9.17, 15) is 9.59 Å². The largest absolute Gasteiger partial charge is 0.305 e. The zero-order valence-electron chi connectivity index (χ0n) is 9.00. The first-order chi connectivity index (χ1) is 8.68. The summed E-state index contributed by atoms with van der Waals surface area (Å²) in [6.07, 6.45) is 0. The molecule has 88 valence electrons. The van der Waals surface area contributed by atoms with Gasteiger partial charge in [-0.1, -0.05) is 23.7 Å². The van der Waals surface area contributed by atoms with Gasteiger partial charge in [0.2, 0.25) is 0 Å². The second kappa shape index (κ2) is 3.89. The van der Waals surface area contributed by atoms with Crippen molar-refractivity contribution in [3.8, 4) is 0 Å². The lowest BCUT2D eigenvalue weighted by Gasteiger charge is -2.14. The number of rotatable bonds is 1. The second-order valence-electron chi connectivity index (χ2n) is 3.70. The summed E-state index contributed by atoms with van der Waals surface area (Å²) in [4.78, 5) is 24.9. The minimum absolute atomic E-state index is 0.227. The molecule has 2 heterocycles. The van der Waals surface area contributed by atoms with Gasteiger partial charge in [-0.3, -0.25) is 14.5 Å². The predicted molar refractivity (Wildman–Crippen MR) is 65.0 cm³/mol. The molecule has 0 radical (unpaired) electrons.